The third-order valence-corrected chi connectivity index (χ3v) is 3.63. The highest BCUT2D eigenvalue weighted by Gasteiger charge is 2.27. The van der Waals surface area contributed by atoms with Crippen LogP contribution >= 0.6 is 0 Å². The maximum atomic E-state index is 11.3. The molecule has 102 valence electrons. The molecule has 1 fully saturated rings. The number of anilines is 1. The van der Waals surface area contributed by atoms with Crippen LogP contribution in [0, 0.1) is 10.1 Å². The van der Waals surface area contributed by atoms with Crippen molar-refractivity contribution < 1.29 is 9.72 Å². The highest BCUT2D eigenvalue weighted by Crippen LogP contribution is 2.24. The van der Waals surface area contributed by atoms with Gasteiger partial charge in [-0.25, -0.2) is 0 Å². The summed E-state index contributed by atoms with van der Waals surface area (Å²) < 4.78 is 0. The lowest BCUT2D eigenvalue weighted by Gasteiger charge is -2.24. The Kier molecular flexibility index (Phi) is 3.69. The molecular formula is C13H17N3O3. The zero-order valence-corrected chi connectivity index (χ0v) is 11.1. The van der Waals surface area contributed by atoms with Crippen molar-refractivity contribution in [2.45, 2.75) is 19.4 Å². The Morgan fingerprint density at radius 3 is 2.58 bits per heavy atom. The standard InChI is InChI=1S/C13H17N3O3/c1-10(17)14(2)13-7-8-15(9-13)11-3-5-12(6-4-11)16(18)19/h3-6,13H,7-9H2,1-2H3. The van der Waals surface area contributed by atoms with Gasteiger partial charge in [0.05, 0.1) is 11.0 Å². The number of amides is 1. The molecule has 1 aromatic carbocycles. The molecule has 6 heteroatoms. The highest BCUT2D eigenvalue weighted by atomic mass is 16.6. The van der Waals surface area contributed by atoms with Crippen LogP contribution in [0.3, 0.4) is 0 Å². The third-order valence-electron chi connectivity index (χ3n) is 3.63. The Morgan fingerprint density at radius 2 is 2.05 bits per heavy atom. The Balaban J connectivity index is 2.04. The van der Waals surface area contributed by atoms with Gasteiger partial charge in [0.15, 0.2) is 0 Å². The van der Waals surface area contributed by atoms with Gasteiger partial charge in [0.1, 0.15) is 0 Å². The van der Waals surface area contributed by atoms with Gasteiger partial charge < -0.3 is 9.80 Å². The zero-order valence-electron chi connectivity index (χ0n) is 11.1. The molecule has 1 aliphatic rings. The summed E-state index contributed by atoms with van der Waals surface area (Å²) >= 11 is 0. The molecule has 19 heavy (non-hydrogen) atoms. The van der Waals surface area contributed by atoms with Gasteiger partial charge in [-0.3, -0.25) is 14.9 Å². The van der Waals surface area contributed by atoms with E-state index in [1.165, 1.54) is 12.1 Å². The molecule has 1 aromatic rings. The first kappa shape index (κ1) is 13.3. The normalized spacial score (nSPS) is 18.4. The Bertz CT molecular complexity index is 486. The number of non-ortho nitro benzene ring substituents is 1. The van der Waals surface area contributed by atoms with Crippen LogP contribution in [0.1, 0.15) is 13.3 Å². The van der Waals surface area contributed by atoms with E-state index in [4.69, 9.17) is 0 Å². The highest BCUT2D eigenvalue weighted by molar-refractivity contribution is 5.73. The molecule has 0 N–H and O–H groups in total. The molecule has 0 radical (unpaired) electrons. The predicted octanol–water partition coefficient (Wildman–Crippen LogP) is 1.65. The Morgan fingerprint density at radius 1 is 1.42 bits per heavy atom. The van der Waals surface area contributed by atoms with Gasteiger partial charge in [-0.2, -0.15) is 0 Å². The van der Waals surface area contributed by atoms with E-state index in [0.29, 0.717) is 0 Å². The molecule has 0 aromatic heterocycles. The Labute approximate surface area is 111 Å². The lowest BCUT2D eigenvalue weighted by atomic mass is 10.2. The van der Waals surface area contributed by atoms with E-state index in [9.17, 15) is 14.9 Å². The zero-order chi connectivity index (χ0) is 14.0. The summed E-state index contributed by atoms with van der Waals surface area (Å²) in [6.45, 7) is 3.20. The molecule has 0 aliphatic carbocycles. The van der Waals surface area contributed by atoms with Crippen molar-refractivity contribution in [1.29, 1.82) is 0 Å². The number of carbonyl (C=O) groups is 1. The van der Waals surface area contributed by atoms with Crippen molar-refractivity contribution in [3.8, 4) is 0 Å². The quantitative estimate of drug-likeness (QED) is 0.614. The number of nitrogens with zero attached hydrogens (tertiary/aromatic N) is 3. The van der Waals surface area contributed by atoms with Crippen molar-refractivity contribution in [1.82, 2.24) is 4.90 Å². The summed E-state index contributed by atoms with van der Waals surface area (Å²) in [6, 6.07) is 6.75. The minimum atomic E-state index is -0.403. The number of carbonyl (C=O) groups excluding carboxylic acids is 1. The van der Waals surface area contributed by atoms with E-state index in [1.807, 2.05) is 7.05 Å². The average molecular weight is 263 g/mol. The van der Waals surface area contributed by atoms with Crippen LogP contribution in [-0.4, -0.2) is 41.9 Å². The molecule has 0 saturated carbocycles. The van der Waals surface area contributed by atoms with Crippen molar-refractivity contribution in [2.75, 3.05) is 25.0 Å². The van der Waals surface area contributed by atoms with Crippen molar-refractivity contribution in [3.05, 3.63) is 34.4 Å². The summed E-state index contributed by atoms with van der Waals surface area (Å²) in [5.41, 5.74) is 1.06. The summed E-state index contributed by atoms with van der Waals surface area (Å²) in [4.78, 5) is 25.4. The van der Waals surface area contributed by atoms with Crippen LogP contribution in [0.5, 0.6) is 0 Å². The SMILES string of the molecule is CC(=O)N(C)C1CCN(c2ccc([N+](=O)[O-])cc2)C1. The van der Waals surface area contributed by atoms with E-state index >= 15 is 0 Å². The van der Waals surface area contributed by atoms with Crippen LogP contribution in [0.4, 0.5) is 11.4 Å². The van der Waals surface area contributed by atoms with Crippen LogP contribution in [0.25, 0.3) is 0 Å². The van der Waals surface area contributed by atoms with Crippen LogP contribution in [-0.2, 0) is 4.79 Å². The Hall–Kier alpha value is -2.11. The minimum Gasteiger partial charge on any atom is -0.369 e. The molecule has 1 heterocycles. The van der Waals surface area contributed by atoms with Crippen LogP contribution < -0.4 is 4.90 Å². The predicted molar refractivity (Wildman–Crippen MR) is 72.2 cm³/mol. The van der Waals surface area contributed by atoms with Gasteiger partial charge in [0.2, 0.25) is 5.91 Å². The number of nitro groups is 1. The molecular weight excluding hydrogens is 246 g/mol. The molecule has 2 rings (SSSR count). The van der Waals surface area contributed by atoms with Gasteiger partial charge in [-0.15, -0.1) is 0 Å². The fraction of sp³-hybridized carbons (Fsp3) is 0.462. The first-order chi connectivity index (χ1) is 8.99. The lowest BCUT2D eigenvalue weighted by Crippen LogP contribution is -2.37. The lowest BCUT2D eigenvalue weighted by molar-refractivity contribution is -0.384. The van der Waals surface area contributed by atoms with Crippen molar-refractivity contribution in [3.63, 3.8) is 0 Å². The molecule has 0 bridgehead atoms. The maximum Gasteiger partial charge on any atom is 0.269 e. The van der Waals surface area contributed by atoms with Crippen molar-refractivity contribution >= 4 is 17.3 Å². The van der Waals surface area contributed by atoms with Gasteiger partial charge >= 0.3 is 0 Å². The topological polar surface area (TPSA) is 66.7 Å². The average Bonchev–Trinajstić information content (AvgIpc) is 2.87. The first-order valence-corrected chi connectivity index (χ1v) is 6.22. The molecule has 6 nitrogen and oxygen atoms in total. The monoisotopic (exact) mass is 263 g/mol. The fourth-order valence-electron chi connectivity index (χ4n) is 2.33. The molecule has 1 aliphatic heterocycles. The van der Waals surface area contributed by atoms with Crippen molar-refractivity contribution in [2.24, 2.45) is 0 Å². The maximum absolute atomic E-state index is 11.3. The molecule has 1 amide bonds. The molecule has 1 saturated heterocycles. The number of benzene rings is 1. The van der Waals surface area contributed by atoms with E-state index in [-0.39, 0.29) is 17.6 Å². The van der Waals surface area contributed by atoms with E-state index in [1.54, 1.807) is 24.0 Å². The first-order valence-electron chi connectivity index (χ1n) is 6.22. The van der Waals surface area contributed by atoms with Crippen LogP contribution in [0.2, 0.25) is 0 Å². The fourth-order valence-corrected chi connectivity index (χ4v) is 2.33. The van der Waals surface area contributed by atoms with E-state index in [0.717, 1.165) is 25.2 Å². The number of likely N-dealkylation sites (N-methyl/N-ethyl adjacent to an activating group) is 1. The second-order valence-corrected chi connectivity index (χ2v) is 4.79. The number of hydrogen-bond donors (Lipinski definition) is 0. The number of rotatable bonds is 3. The summed E-state index contributed by atoms with van der Waals surface area (Å²) in [5, 5.41) is 10.6. The largest absolute Gasteiger partial charge is 0.369 e. The molecule has 0 spiro atoms. The second-order valence-electron chi connectivity index (χ2n) is 4.79. The van der Waals surface area contributed by atoms with E-state index < -0.39 is 4.92 Å². The number of hydrogen-bond acceptors (Lipinski definition) is 4. The van der Waals surface area contributed by atoms with Gasteiger partial charge in [-0.1, -0.05) is 0 Å². The second kappa shape index (κ2) is 5.26. The number of nitro benzene ring substituents is 1. The summed E-state index contributed by atoms with van der Waals surface area (Å²) in [6.07, 6.45) is 0.924. The van der Waals surface area contributed by atoms with Gasteiger partial charge in [0.25, 0.3) is 5.69 Å². The van der Waals surface area contributed by atoms with Crippen LogP contribution in [0.15, 0.2) is 24.3 Å². The van der Waals surface area contributed by atoms with E-state index in [2.05, 4.69) is 4.90 Å². The molecule has 1 unspecified atom stereocenters. The van der Waals surface area contributed by atoms with Gasteiger partial charge in [-0.05, 0) is 18.6 Å². The smallest absolute Gasteiger partial charge is 0.269 e. The molecule has 1 atom stereocenters. The minimum absolute atomic E-state index is 0.0653. The summed E-state index contributed by atoms with van der Waals surface area (Å²) in [5.74, 6) is 0.0653. The third kappa shape index (κ3) is 2.83. The van der Waals surface area contributed by atoms with Gasteiger partial charge in [0, 0.05) is 44.9 Å². The summed E-state index contributed by atoms with van der Waals surface area (Å²) in [7, 11) is 1.81.